The summed E-state index contributed by atoms with van der Waals surface area (Å²) < 4.78 is 62.4. The lowest BCUT2D eigenvalue weighted by atomic mass is 9.91. The summed E-state index contributed by atoms with van der Waals surface area (Å²) in [5, 5.41) is 5.90. The van der Waals surface area contributed by atoms with Crippen LogP contribution in [0.4, 0.5) is 17.6 Å². The van der Waals surface area contributed by atoms with Gasteiger partial charge in [-0.3, -0.25) is 10.6 Å². The lowest BCUT2D eigenvalue weighted by Gasteiger charge is -2.31. The molecule has 0 spiro atoms. The largest absolute Gasteiger partial charge is 0.491 e. The molecule has 30 heavy (non-hydrogen) atoms. The summed E-state index contributed by atoms with van der Waals surface area (Å²) in [6, 6.07) is 14.2. The number of ether oxygens (including phenoxy) is 2. The first kappa shape index (κ1) is 22.2. The summed E-state index contributed by atoms with van der Waals surface area (Å²) >= 11 is 0. The Labute approximate surface area is 171 Å². The van der Waals surface area contributed by atoms with Crippen molar-refractivity contribution in [2.45, 2.75) is 44.1 Å². The lowest BCUT2D eigenvalue weighted by Crippen LogP contribution is -2.59. The Morgan fingerprint density at radius 1 is 1.10 bits per heavy atom. The van der Waals surface area contributed by atoms with E-state index in [1.54, 1.807) is 32.0 Å². The zero-order valence-electron chi connectivity index (χ0n) is 16.4. The first-order valence-electron chi connectivity index (χ1n) is 9.25. The molecule has 1 fully saturated rings. The predicted molar refractivity (Wildman–Crippen MR) is 100 cm³/mol. The maximum absolute atomic E-state index is 13.3. The number of rotatable bonds is 6. The minimum atomic E-state index is -5.17. The number of esters is 1. The number of nitrogens with one attached hydrogen (secondary N) is 2. The Kier molecular flexibility index (Phi) is 6.16. The van der Waals surface area contributed by atoms with Gasteiger partial charge in [-0.2, -0.15) is 13.2 Å². The van der Waals surface area contributed by atoms with Gasteiger partial charge in [0.1, 0.15) is 12.4 Å². The van der Waals surface area contributed by atoms with Crippen molar-refractivity contribution >= 4 is 5.97 Å². The van der Waals surface area contributed by atoms with Gasteiger partial charge in [0.05, 0.1) is 12.6 Å². The van der Waals surface area contributed by atoms with Gasteiger partial charge < -0.3 is 9.47 Å². The molecule has 2 atom stereocenters. The molecule has 1 aliphatic rings. The second-order valence-electron chi connectivity index (χ2n) is 7.67. The number of carbonyl (C=O) groups excluding carboxylic acids is 1. The van der Waals surface area contributed by atoms with Gasteiger partial charge in [-0.05, 0) is 37.1 Å². The summed E-state index contributed by atoms with van der Waals surface area (Å²) in [5.74, 6) is -4.73. The van der Waals surface area contributed by atoms with Crippen molar-refractivity contribution < 1.29 is 31.8 Å². The molecule has 2 N–H and O–H groups in total. The predicted octanol–water partition coefficient (Wildman–Crippen LogP) is 3.81. The van der Waals surface area contributed by atoms with Crippen LogP contribution in [-0.4, -0.2) is 30.1 Å². The highest BCUT2D eigenvalue weighted by atomic mass is 19.4. The summed E-state index contributed by atoms with van der Waals surface area (Å²) in [6.07, 6.45) is -5.17. The standard InChI is InChI=1S/C21H22F4N2O3/c1-19(2)17(15-8-4-3-5-9-15)26-20(27-19,30-18(28)21(23,24)25)13-29-12-14-7-6-10-16(22)11-14/h3-11,17,26-27H,12-13H2,1-2H3. The van der Waals surface area contributed by atoms with E-state index in [1.165, 1.54) is 18.2 Å². The first-order chi connectivity index (χ1) is 14.0. The quantitative estimate of drug-likeness (QED) is 0.544. The third-order valence-corrected chi connectivity index (χ3v) is 4.72. The Bertz CT molecular complexity index is 889. The maximum atomic E-state index is 13.3. The maximum Gasteiger partial charge on any atom is 0.491 e. The molecule has 2 aromatic carbocycles. The van der Waals surface area contributed by atoms with Crippen molar-refractivity contribution in [3.05, 3.63) is 71.5 Å². The number of alkyl halides is 3. The smallest absolute Gasteiger partial charge is 0.421 e. The van der Waals surface area contributed by atoms with Crippen LogP contribution in [0.1, 0.15) is 31.0 Å². The Morgan fingerprint density at radius 3 is 2.43 bits per heavy atom. The third-order valence-electron chi connectivity index (χ3n) is 4.72. The second-order valence-corrected chi connectivity index (χ2v) is 7.67. The highest BCUT2D eigenvalue weighted by molar-refractivity contribution is 5.76. The van der Waals surface area contributed by atoms with Crippen LogP contribution in [0.15, 0.2) is 54.6 Å². The monoisotopic (exact) mass is 426 g/mol. The highest BCUT2D eigenvalue weighted by Crippen LogP contribution is 2.36. The summed E-state index contributed by atoms with van der Waals surface area (Å²) in [6.45, 7) is 3.03. The van der Waals surface area contributed by atoms with Crippen LogP contribution in [0.3, 0.4) is 0 Å². The van der Waals surface area contributed by atoms with Crippen LogP contribution >= 0.6 is 0 Å². The number of hydrogen-bond donors (Lipinski definition) is 2. The van der Waals surface area contributed by atoms with Crippen molar-refractivity contribution in [2.24, 2.45) is 0 Å². The fourth-order valence-electron chi connectivity index (χ4n) is 3.51. The molecule has 0 amide bonds. The average Bonchev–Trinajstić information content (AvgIpc) is 2.92. The minimum absolute atomic E-state index is 0.0805. The molecule has 3 rings (SSSR count). The van der Waals surface area contributed by atoms with Gasteiger partial charge in [0.15, 0.2) is 0 Å². The molecule has 0 aromatic heterocycles. The van der Waals surface area contributed by atoms with Crippen LogP contribution in [0.2, 0.25) is 0 Å². The number of halogens is 4. The Hall–Kier alpha value is -2.49. The molecule has 0 bridgehead atoms. The average molecular weight is 426 g/mol. The first-order valence-corrected chi connectivity index (χ1v) is 9.25. The molecule has 1 saturated heterocycles. The van der Waals surface area contributed by atoms with E-state index >= 15 is 0 Å². The van der Waals surface area contributed by atoms with Gasteiger partial charge in [0.2, 0.25) is 5.85 Å². The number of benzene rings is 2. The van der Waals surface area contributed by atoms with Crippen LogP contribution < -0.4 is 10.6 Å². The molecular weight excluding hydrogens is 404 g/mol. The molecular formula is C21H22F4N2O3. The molecule has 1 aliphatic heterocycles. The SMILES string of the molecule is CC1(C)NC(COCc2cccc(F)c2)(OC(=O)C(F)(F)F)NC1c1ccccc1. The second kappa shape index (κ2) is 8.33. The molecule has 0 saturated carbocycles. The normalized spacial score (nSPS) is 23.3. The molecule has 1 heterocycles. The van der Waals surface area contributed by atoms with Gasteiger partial charge in [0.25, 0.3) is 0 Å². The summed E-state index contributed by atoms with van der Waals surface area (Å²) in [4.78, 5) is 11.6. The Balaban J connectivity index is 1.82. The van der Waals surface area contributed by atoms with Crippen LogP contribution in [0.25, 0.3) is 0 Å². The molecule has 2 aromatic rings. The topological polar surface area (TPSA) is 59.6 Å². The molecule has 9 heteroatoms. The van der Waals surface area contributed by atoms with E-state index in [1.807, 2.05) is 18.2 Å². The van der Waals surface area contributed by atoms with Gasteiger partial charge in [0, 0.05) is 5.54 Å². The van der Waals surface area contributed by atoms with Crippen LogP contribution in [-0.2, 0) is 20.9 Å². The zero-order chi connectivity index (χ0) is 22.0. The van der Waals surface area contributed by atoms with Crippen molar-refractivity contribution in [2.75, 3.05) is 6.61 Å². The fraction of sp³-hybridized carbons (Fsp3) is 0.381. The van der Waals surface area contributed by atoms with E-state index in [9.17, 15) is 22.4 Å². The van der Waals surface area contributed by atoms with Crippen LogP contribution in [0, 0.1) is 5.82 Å². The van der Waals surface area contributed by atoms with Crippen molar-refractivity contribution in [1.29, 1.82) is 0 Å². The van der Waals surface area contributed by atoms with Crippen molar-refractivity contribution in [3.8, 4) is 0 Å². The molecule has 162 valence electrons. The zero-order valence-corrected chi connectivity index (χ0v) is 16.4. The van der Waals surface area contributed by atoms with Crippen LogP contribution in [0.5, 0.6) is 0 Å². The van der Waals surface area contributed by atoms with E-state index in [4.69, 9.17) is 9.47 Å². The van der Waals surface area contributed by atoms with E-state index in [-0.39, 0.29) is 6.61 Å². The van der Waals surface area contributed by atoms with E-state index in [0.717, 1.165) is 5.56 Å². The fourth-order valence-corrected chi connectivity index (χ4v) is 3.51. The van der Waals surface area contributed by atoms with Gasteiger partial charge in [-0.1, -0.05) is 42.5 Å². The summed E-state index contributed by atoms with van der Waals surface area (Å²) in [7, 11) is 0. The minimum Gasteiger partial charge on any atom is -0.421 e. The summed E-state index contributed by atoms with van der Waals surface area (Å²) in [5.41, 5.74) is 0.504. The molecule has 0 radical (unpaired) electrons. The van der Waals surface area contributed by atoms with E-state index in [2.05, 4.69) is 10.6 Å². The van der Waals surface area contributed by atoms with E-state index in [0.29, 0.717) is 5.56 Å². The third kappa shape index (κ3) is 5.16. The highest BCUT2D eigenvalue weighted by Gasteiger charge is 2.55. The van der Waals surface area contributed by atoms with Gasteiger partial charge >= 0.3 is 12.1 Å². The Morgan fingerprint density at radius 2 is 1.80 bits per heavy atom. The number of hydrogen-bond acceptors (Lipinski definition) is 5. The molecule has 0 aliphatic carbocycles. The number of carbonyl (C=O) groups is 1. The van der Waals surface area contributed by atoms with Gasteiger partial charge in [-0.25, -0.2) is 9.18 Å². The van der Waals surface area contributed by atoms with Gasteiger partial charge in [-0.15, -0.1) is 0 Å². The molecule has 2 unspecified atom stereocenters. The van der Waals surface area contributed by atoms with E-state index < -0.39 is 42.0 Å². The lowest BCUT2D eigenvalue weighted by molar-refractivity contribution is -0.224. The van der Waals surface area contributed by atoms with Crippen molar-refractivity contribution in [1.82, 2.24) is 10.6 Å². The van der Waals surface area contributed by atoms with Crippen molar-refractivity contribution in [3.63, 3.8) is 0 Å². The molecule has 5 nitrogen and oxygen atoms in total.